The van der Waals surface area contributed by atoms with Gasteiger partial charge in [0.1, 0.15) is 0 Å². The van der Waals surface area contributed by atoms with Gasteiger partial charge in [-0.05, 0) is 6.42 Å². The van der Waals surface area contributed by atoms with Crippen LogP contribution in [0.25, 0.3) is 0 Å². The summed E-state index contributed by atoms with van der Waals surface area (Å²) < 4.78 is 3.39. The van der Waals surface area contributed by atoms with E-state index in [4.69, 9.17) is 23.2 Å². The summed E-state index contributed by atoms with van der Waals surface area (Å²) in [5.41, 5.74) is 0. The Labute approximate surface area is 124 Å². The van der Waals surface area contributed by atoms with E-state index in [1.165, 1.54) is 0 Å². The van der Waals surface area contributed by atoms with Gasteiger partial charge < -0.3 is 0 Å². The zero-order chi connectivity index (χ0) is 13.6. The van der Waals surface area contributed by atoms with Gasteiger partial charge in [-0.2, -0.15) is 0 Å². The van der Waals surface area contributed by atoms with Crippen molar-refractivity contribution in [2.75, 3.05) is 37.9 Å². The largest absolute Gasteiger partial charge is 0.337 e. The number of hydrogen-bond donors (Lipinski definition) is 0. The summed E-state index contributed by atoms with van der Waals surface area (Å²) in [6.07, 6.45) is 0.807. The van der Waals surface area contributed by atoms with Crippen LogP contribution in [-0.2, 0) is 0 Å². The number of amides is 4. The number of rotatable bonds is 4. The Morgan fingerprint density at radius 2 is 1.42 bits per heavy atom. The van der Waals surface area contributed by atoms with Crippen LogP contribution in [0.3, 0.4) is 0 Å². The number of carbonyl (C=O) groups excluding carboxylic acids is 2. The molecule has 1 saturated heterocycles. The molecule has 4 amide bonds. The highest BCUT2D eigenvalue weighted by atomic mass is 35.5. The highest BCUT2D eigenvalue weighted by Gasteiger charge is 2.51. The van der Waals surface area contributed by atoms with Gasteiger partial charge >= 0.3 is 12.1 Å². The minimum absolute atomic E-state index is 0.0456. The smallest absolute Gasteiger partial charge is 0.271 e. The average molecular weight is 325 g/mol. The minimum atomic E-state index is -0.645. The van der Waals surface area contributed by atoms with E-state index >= 15 is 0 Å². The lowest BCUT2D eigenvalue weighted by Crippen LogP contribution is -2.53. The van der Waals surface area contributed by atoms with Gasteiger partial charge in [-0.3, -0.25) is 18.4 Å². The Hall–Kier alpha value is -0.660. The van der Waals surface area contributed by atoms with Crippen LogP contribution in [-0.4, -0.2) is 73.5 Å². The van der Waals surface area contributed by atoms with Crippen LogP contribution in [0.5, 0.6) is 0 Å². The molecule has 0 radical (unpaired) electrons. The maximum Gasteiger partial charge on any atom is 0.337 e. The fourth-order valence-corrected chi connectivity index (χ4v) is 5.45. The zero-order valence-electron chi connectivity index (χ0n) is 10.2. The maximum atomic E-state index is 12.4. The van der Waals surface area contributed by atoms with Crippen molar-refractivity contribution in [2.24, 2.45) is 0 Å². The molecule has 0 aromatic rings. The van der Waals surface area contributed by atoms with Gasteiger partial charge in [-0.25, -0.2) is 9.59 Å². The lowest BCUT2D eigenvalue weighted by molar-refractivity contribution is 0.179. The molecule has 0 aliphatic carbocycles. The first-order valence-corrected chi connectivity index (χ1v) is 8.33. The Morgan fingerprint density at radius 1 is 0.947 bits per heavy atom. The minimum Gasteiger partial charge on any atom is -0.271 e. The highest BCUT2D eigenvalue weighted by Crippen LogP contribution is 2.43. The molecule has 3 aliphatic heterocycles. The first-order chi connectivity index (χ1) is 9.20. The van der Waals surface area contributed by atoms with Crippen molar-refractivity contribution in [3.8, 4) is 0 Å². The summed E-state index contributed by atoms with van der Waals surface area (Å²) in [5, 5.41) is 0.816. The second kappa shape index (κ2) is 5.03. The molecule has 3 aliphatic rings. The van der Waals surface area contributed by atoms with Gasteiger partial charge in [0.2, 0.25) is 0 Å². The van der Waals surface area contributed by atoms with E-state index in [-0.39, 0.29) is 12.1 Å². The third kappa shape index (κ3) is 1.82. The molecule has 1 fully saturated rings. The fourth-order valence-electron chi connectivity index (χ4n) is 2.53. The number of urea groups is 2. The molecule has 0 bridgehead atoms. The summed E-state index contributed by atoms with van der Waals surface area (Å²) in [7, 11) is -0.645. The van der Waals surface area contributed by atoms with E-state index in [0.717, 1.165) is 11.5 Å². The lowest BCUT2D eigenvalue weighted by atomic mass is 10.3. The van der Waals surface area contributed by atoms with E-state index in [9.17, 15) is 9.59 Å². The molecule has 0 saturated carbocycles. The molecule has 3 heterocycles. The molecule has 6 nitrogen and oxygen atoms in total. The van der Waals surface area contributed by atoms with E-state index in [1.54, 1.807) is 18.4 Å². The van der Waals surface area contributed by atoms with Crippen molar-refractivity contribution in [2.45, 2.75) is 6.42 Å². The second-order valence-corrected chi connectivity index (χ2v) is 6.88. The van der Waals surface area contributed by atoms with Gasteiger partial charge in [0.15, 0.2) is 5.11 Å². The molecule has 0 atom stereocenters. The fraction of sp³-hybridized carbons (Fsp3) is 0.700. The monoisotopic (exact) mass is 324 g/mol. The van der Waals surface area contributed by atoms with E-state index in [1.807, 2.05) is 0 Å². The molecule has 0 aromatic carbocycles. The van der Waals surface area contributed by atoms with Crippen molar-refractivity contribution in [3.05, 3.63) is 0 Å². The van der Waals surface area contributed by atoms with Crippen LogP contribution in [0, 0.1) is 0 Å². The highest BCUT2D eigenvalue weighted by molar-refractivity contribution is 8.13. The van der Waals surface area contributed by atoms with Gasteiger partial charge in [-0.1, -0.05) is 0 Å². The summed E-state index contributed by atoms with van der Waals surface area (Å²) >= 11 is 11.6. The first-order valence-electron chi connectivity index (χ1n) is 6.12. The van der Waals surface area contributed by atoms with Gasteiger partial charge in [-0.15, -0.1) is 23.2 Å². The second-order valence-electron chi connectivity index (χ2n) is 4.35. The SMILES string of the molecule is O=C1N2CCCN3C(=O)N(CCCl)S(=C23)N1CCCl. The molecule has 0 N–H and O–H groups in total. The summed E-state index contributed by atoms with van der Waals surface area (Å²) in [6.45, 7) is 2.25. The van der Waals surface area contributed by atoms with Crippen LogP contribution in [0.4, 0.5) is 9.59 Å². The number of nitrogens with zero attached hydrogens (tertiary/aromatic N) is 4. The third-order valence-electron chi connectivity index (χ3n) is 3.27. The maximum absolute atomic E-state index is 12.4. The van der Waals surface area contributed by atoms with Crippen LogP contribution in [0.2, 0.25) is 0 Å². The quantitative estimate of drug-likeness (QED) is 0.581. The van der Waals surface area contributed by atoms with Crippen LogP contribution in [0.15, 0.2) is 0 Å². The normalized spacial score (nSPS) is 22.9. The van der Waals surface area contributed by atoms with Crippen LogP contribution < -0.4 is 0 Å². The summed E-state index contributed by atoms with van der Waals surface area (Å²) in [4.78, 5) is 28.1. The van der Waals surface area contributed by atoms with Crippen molar-refractivity contribution in [1.82, 2.24) is 18.4 Å². The van der Waals surface area contributed by atoms with Crippen molar-refractivity contribution in [3.63, 3.8) is 0 Å². The molecule has 0 aromatic heterocycles. The van der Waals surface area contributed by atoms with E-state index in [0.29, 0.717) is 37.9 Å². The molecular formula is C10H14Cl2N4O2S. The first kappa shape index (κ1) is 13.3. The summed E-state index contributed by atoms with van der Waals surface area (Å²) in [5.74, 6) is 0.721. The van der Waals surface area contributed by atoms with Gasteiger partial charge in [0.25, 0.3) is 0 Å². The van der Waals surface area contributed by atoms with Crippen molar-refractivity contribution in [1.29, 1.82) is 0 Å². The number of halogens is 2. The Bertz CT molecular complexity index is 434. The number of carbonyl (C=O) groups is 2. The number of hydrogen-bond acceptors (Lipinski definition) is 2. The Balaban J connectivity index is 2.02. The molecule has 19 heavy (non-hydrogen) atoms. The van der Waals surface area contributed by atoms with E-state index in [2.05, 4.69) is 0 Å². The Kier molecular flexibility index (Phi) is 3.53. The summed E-state index contributed by atoms with van der Waals surface area (Å²) in [6, 6.07) is -0.0912. The Morgan fingerprint density at radius 3 is 1.84 bits per heavy atom. The predicted octanol–water partition coefficient (Wildman–Crippen LogP) is 1.53. The number of alkyl halides is 2. The van der Waals surface area contributed by atoms with Crippen molar-refractivity contribution < 1.29 is 9.59 Å². The van der Waals surface area contributed by atoms with E-state index < -0.39 is 10.9 Å². The molecule has 3 rings (SSSR count). The molecule has 0 spiro atoms. The third-order valence-corrected chi connectivity index (χ3v) is 5.89. The van der Waals surface area contributed by atoms with Crippen molar-refractivity contribution >= 4 is 51.2 Å². The van der Waals surface area contributed by atoms with Crippen LogP contribution >= 0.6 is 34.1 Å². The standard InChI is InChI=1S/C10H14Cl2N4O2S/c11-2-6-15-8(17)13-4-1-5-14-9(18)16(7-3-12)19(15)10(13)14/h1-7H2. The molecule has 106 valence electrons. The van der Waals surface area contributed by atoms with Crippen LogP contribution in [0.1, 0.15) is 6.42 Å². The lowest BCUT2D eigenvalue weighted by Gasteiger charge is -2.33. The zero-order valence-corrected chi connectivity index (χ0v) is 12.5. The predicted molar refractivity (Wildman–Crippen MR) is 76.3 cm³/mol. The topological polar surface area (TPSA) is 47.1 Å². The molecule has 9 heteroatoms. The molecular weight excluding hydrogens is 311 g/mol. The average Bonchev–Trinajstić information content (AvgIpc) is 2.84. The van der Waals surface area contributed by atoms with Gasteiger partial charge in [0.05, 0.1) is 10.9 Å². The van der Waals surface area contributed by atoms with Gasteiger partial charge in [0, 0.05) is 37.9 Å². The molecule has 0 unspecified atom stereocenters.